The van der Waals surface area contributed by atoms with E-state index in [0.717, 1.165) is 94.0 Å². The van der Waals surface area contributed by atoms with Crippen molar-refractivity contribution in [2.75, 3.05) is 9.80 Å². The zero-order chi connectivity index (χ0) is 54.8. The van der Waals surface area contributed by atoms with Crippen LogP contribution in [0.4, 0.5) is 34.3 Å². The van der Waals surface area contributed by atoms with Gasteiger partial charge in [0, 0.05) is 17.4 Å². The van der Waals surface area contributed by atoms with Gasteiger partial charge in [0.2, 0.25) is 0 Å². The van der Waals surface area contributed by atoms with Crippen LogP contribution in [0.15, 0.2) is 231 Å². The molecule has 2 aromatic heterocycles. The van der Waals surface area contributed by atoms with E-state index in [1.54, 1.807) is 0 Å². The van der Waals surface area contributed by atoms with Crippen molar-refractivity contribution < 1.29 is 24.1 Å². The van der Waals surface area contributed by atoms with Crippen molar-refractivity contribution in [1.82, 2.24) is 14.1 Å². The zero-order valence-corrected chi connectivity index (χ0v) is 48.7. The van der Waals surface area contributed by atoms with Crippen LogP contribution in [0, 0.1) is 3.80 Å². The van der Waals surface area contributed by atoms with Crippen molar-refractivity contribution in [3.63, 3.8) is 0 Å². The predicted octanol–water partition coefficient (Wildman–Crippen LogP) is 19.8. The molecular weight excluding hydrogens is 1150 g/mol. The molecule has 1 aliphatic rings. The first-order valence-corrected chi connectivity index (χ1v) is 28.4. The van der Waals surface area contributed by atoms with Crippen LogP contribution in [-0.4, -0.2) is 14.1 Å². The minimum absolute atomic E-state index is 0.0559. The standard InChI is InChI=1S/C72H65N5O.Pt/c1-70(2,3)51-39-40-73-69(45-51)77-65-34-21-18-30-60(65)59-29-16-19-32-63(59)76(54-25-14-11-15-26-54)64-33-20-17-31-61(64)62-37-36-58(47-67(62)77)78-57-28-22-27-55(46-57)74-48-75(56-43-52(71(4,5)6)42-53(44-56)72(7,8)9)68-41-50(35-38-66(68)74)49-23-12-10-13-24-49;/h10-47H,1-9H3;. The van der Waals surface area contributed by atoms with Crippen molar-refractivity contribution >= 4 is 45.3 Å². The summed E-state index contributed by atoms with van der Waals surface area (Å²) in [6.07, 6.45) is 1.95. The fourth-order valence-electron chi connectivity index (χ4n) is 10.9. The number of imidazole rings is 1. The summed E-state index contributed by atoms with van der Waals surface area (Å²) >= 11 is 2.53. The summed E-state index contributed by atoms with van der Waals surface area (Å²) in [5, 5.41) is 0. The van der Waals surface area contributed by atoms with Crippen LogP contribution >= 0.6 is 0 Å². The Morgan fingerprint density at radius 2 is 0.873 bits per heavy atom. The summed E-state index contributed by atoms with van der Waals surface area (Å²) in [6.45, 7) is 20.6. The molecule has 3 heterocycles. The Labute approximate surface area is 476 Å². The Kier molecular flexibility index (Phi) is 13.1. The van der Waals surface area contributed by atoms with Gasteiger partial charge in [-0.05, 0) is 41.3 Å². The molecule has 0 atom stereocenters. The fraction of sp³-hybridized carbons (Fsp3) is 0.167. The molecule has 9 aromatic carbocycles. The van der Waals surface area contributed by atoms with E-state index in [2.05, 4.69) is 325 Å². The first-order valence-electron chi connectivity index (χ1n) is 27.3. The van der Waals surface area contributed by atoms with Crippen molar-refractivity contribution in [2.24, 2.45) is 0 Å². The number of pyridine rings is 1. The number of aromatic nitrogens is 3. The summed E-state index contributed by atoms with van der Waals surface area (Å²) in [7, 11) is 0. The van der Waals surface area contributed by atoms with E-state index in [4.69, 9.17) is 9.72 Å². The van der Waals surface area contributed by atoms with Gasteiger partial charge < -0.3 is 4.90 Å². The van der Waals surface area contributed by atoms with Gasteiger partial charge in [0.15, 0.2) is 0 Å². The van der Waals surface area contributed by atoms with Gasteiger partial charge in [-0.3, -0.25) is 0 Å². The Bertz CT molecular complexity index is 4120. The summed E-state index contributed by atoms with van der Waals surface area (Å²) in [5.41, 5.74) is 19.7. The van der Waals surface area contributed by atoms with Gasteiger partial charge in [-0.25, -0.2) is 0 Å². The van der Waals surface area contributed by atoms with Gasteiger partial charge >= 0.3 is 322 Å². The van der Waals surface area contributed by atoms with Gasteiger partial charge in [-0.2, -0.15) is 0 Å². The van der Waals surface area contributed by atoms with Crippen molar-refractivity contribution in [1.29, 1.82) is 0 Å². The molecule has 0 N–H and O–H groups in total. The number of anilines is 6. The number of hydrogen-bond acceptors (Lipinski definition) is 4. The number of hydrogen-bond donors (Lipinski definition) is 0. The molecule has 1 aliphatic heterocycles. The number of benzene rings is 9. The van der Waals surface area contributed by atoms with Gasteiger partial charge in [-0.1, -0.05) is 87.5 Å². The predicted molar refractivity (Wildman–Crippen MR) is 325 cm³/mol. The third-order valence-corrected chi connectivity index (χ3v) is 16.2. The molecule has 0 unspecified atom stereocenters. The van der Waals surface area contributed by atoms with Crippen LogP contribution in [0.3, 0.4) is 0 Å². The third-order valence-electron chi connectivity index (χ3n) is 15.2. The SMILES string of the molecule is CC(C)(C)c1cc(-n2[c](=[Pt])n(-c3cccc(Oc4ccc5c(c4)N(c4cc(C(C)(C)C)ccn4)c4ccccc4-c4ccccc4N(c4ccccc4)c4ccccc4-5)c3)c3ccc(-c4ccccc4)cc32)cc(C(C)(C)C)c1. The van der Waals surface area contributed by atoms with E-state index in [1.807, 2.05) is 6.20 Å². The van der Waals surface area contributed by atoms with Gasteiger partial charge in [0.1, 0.15) is 0 Å². The van der Waals surface area contributed by atoms with E-state index in [-0.39, 0.29) is 16.2 Å². The Balaban J connectivity index is 1.05. The first kappa shape index (κ1) is 51.4. The van der Waals surface area contributed by atoms with Gasteiger partial charge in [0.25, 0.3) is 0 Å². The van der Waals surface area contributed by atoms with Gasteiger partial charge in [0.05, 0.1) is 5.69 Å². The van der Waals surface area contributed by atoms with Crippen molar-refractivity contribution in [3.8, 4) is 56.3 Å². The second-order valence-electron chi connectivity index (χ2n) is 23.7. The monoisotopic (exact) mass is 1210 g/mol. The van der Waals surface area contributed by atoms with E-state index in [0.29, 0.717) is 5.75 Å². The Morgan fingerprint density at radius 1 is 0.354 bits per heavy atom. The Hall–Kier alpha value is -8.31. The Morgan fingerprint density at radius 3 is 1.48 bits per heavy atom. The quantitative estimate of drug-likeness (QED) is 0.159. The van der Waals surface area contributed by atoms with Crippen molar-refractivity contribution in [2.45, 2.75) is 78.6 Å². The molecule has 6 nitrogen and oxygen atoms in total. The molecule has 11 aromatic rings. The van der Waals surface area contributed by atoms with Crippen LogP contribution in [0.1, 0.15) is 79.0 Å². The van der Waals surface area contributed by atoms with Crippen molar-refractivity contribution in [3.05, 3.63) is 251 Å². The molecule has 0 spiro atoms. The fourth-order valence-corrected chi connectivity index (χ4v) is 12.1. The molecule has 12 rings (SSSR count). The minimum atomic E-state index is -0.124. The summed E-state index contributed by atoms with van der Waals surface area (Å²) in [6, 6.07) is 81.0. The molecular formula is C72H65N5OPt. The van der Waals surface area contributed by atoms with Crippen LogP contribution in [0.25, 0.3) is 55.8 Å². The van der Waals surface area contributed by atoms with E-state index in [1.165, 1.54) is 22.3 Å². The molecule has 79 heavy (non-hydrogen) atoms. The van der Waals surface area contributed by atoms with Gasteiger partial charge in [-0.15, -0.1) is 0 Å². The van der Waals surface area contributed by atoms with E-state index >= 15 is 0 Å². The average molecular weight is 1210 g/mol. The molecule has 0 bridgehead atoms. The first-order chi connectivity index (χ1) is 38.0. The molecule has 0 radical (unpaired) electrons. The van der Waals surface area contributed by atoms with E-state index < -0.39 is 0 Å². The second kappa shape index (κ2) is 20.2. The maximum atomic E-state index is 7.17. The third kappa shape index (κ3) is 9.78. The zero-order valence-electron chi connectivity index (χ0n) is 46.4. The van der Waals surface area contributed by atoms with Crippen LogP contribution in [0.5, 0.6) is 11.5 Å². The van der Waals surface area contributed by atoms with E-state index in [9.17, 15) is 0 Å². The van der Waals surface area contributed by atoms with Crippen LogP contribution in [0.2, 0.25) is 0 Å². The number of fused-ring (bicyclic) bond motifs is 7. The average Bonchev–Trinajstić information content (AvgIpc) is 4.06. The normalized spacial score (nSPS) is 12.6. The molecule has 394 valence electrons. The number of ether oxygens (including phenoxy) is 1. The van der Waals surface area contributed by atoms with Crippen LogP contribution in [-0.2, 0) is 35.6 Å². The molecule has 0 fully saturated rings. The maximum absolute atomic E-state index is 7.17. The molecule has 7 heteroatoms. The van der Waals surface area contributed by atoms with Crippen LogP contribution < -0.4 is 14.5 Å². The summed E-state index contributed by atoms with van der Waals surface area (Å²) < 4.78 is 13.0. The summed E-state index contributed by atoms with van der Waals surface area (Å²) in [5.74, 6) is 2.23. The molecule has 0 saturated carbocycles. The number of rotatable bonds is 7. The topological polar surface area (TPSA) is 38.5 Å². The number of para-hydroxylation sites is 4. The second-order valence-corrected chi connectivity index (χ2v) is 24.8. The summed E-state index contributed by atoms with van der Waals surface area (Å²) in [4.78, 5) is 9.96. The number of nitrogens with zero attached hydrogens (tertiary/aromatic N) is 5. The molecule has 0 aliphatic carbocycles. The molecule has 0 saturated heterocycles. The molecule has 0 amide bonds.